The fourth-order valence-electron chi connectivity index (χ4n) is 3.11. The molecule has 1 amide bonds. The number of aliphatic hydroxyl groups excluding tert-OH is 1. The van der Waals surface area contributed by atoms with Gasteiger partial charge in [-0.25, -0.2) is 17.9 Å². The maximum atomic E-state index is 14.4. The number of ether oxygens (including phenoxy) is 1. The lowest BCUT2D eigenvalue weighted by molar-refractivity contribution is -0.143. The molecule has 7 nitrogen and oxygen atoms in total. The zero-order valence-corrected chi connectivity index (χ0v) is 18.9. The number of primary sulfonamides is 1. The van der Waals surface area contributed by atoms with E-state index in [0.717, 1.165) is 42.5 Å². The van der Waals surface area contributed by atoms with Crippen LogP contribution in [0.4, 0.5) is 36.4 Å². The number of alkyl halides is 6. The Morgan fingerprint density at radius 2 is 1.62 bits per heavy atom. The van der Waals surface area contributed by atoms with Crippen molar-refractivity contribution in [1.82, 2.24) is 0 Å². The number of hydrogen-bond donors (Lipinski definition) is 3. The molecule has 0 spiro atoms. The molecule has 0 atom stereocenters. The molecular weight excluding hydrogens is 537 g/mol. The average Bonchev–Trinajstić information content (AvgIpc) is 2.78. The predicted octanol–water partition coefficient (Wildman–Crippen LogP) is 5.05. The minimum atomic E-state index is -5.51. The van der Waals surface area contributed by atoms with E-state index in [0.29, 0.717) is 0 Å². The molecule has 0 fully saturated rings. The van der Waals surface area contributed by atoms with Crippen LogP contribution in [-0.4, -0.2) is 19.4 Å². The van der Waals surface area contributed by atoms with Gasteiger partial charge in [0.1, 0.15) is 5.75 Å². The SMILES string of the molecule is NS(=O)(=O)c1cccc(NC(=O)c2c(Oc3ccc(CO)cc3F)cc(C(F)(F)F)cc2C(F)(F)F)c1. The topological polar surface area (TPSA) is 119 Å². The molecule has 0 aliphatic heterocycles. The van der Waals surface area contributed by atoms with Gasteiger partial charge in [-0.1, -0.05) is 12.1 Å². The van der Waals surface area contributed by atoms with Crippen LogP contribution in [0.3, 0.4) is 0 Å². The molecule has 0 radical (unpaired) electrons. The molecular formula is C22H15F7N2O5S. The largest absolute Gasteiger partial charge is 0.453 e. The third-order valence-electron chi connectivity index (χ3n) is 4.78. The molecule has 198 valence electrons. The minimum Gasteiger partial charge on any atom is -0.453 e. The first kappa shape index (κ1) is 27.9. The van der Waals surface area contributed by atoms with Crippen LogP contribution in [0.1, 0.15) is 27.0 Å². The number of hydrogen-bond acceptors (Lipinski definition) is 5. The molecule has 15 heteroatoms. The van der Waals surface area contributed by atoms with E-state index in [4.69, 9.17) is 15.0 Å². The Labute approximate surface area is 204 Å². The van der Waals surface area contributed by atoms with Gasteiger partial charge in [0.05, 0.1) is 28.2 Å². The number of benzene rings is 3. The fraction of sp³-hybridized carbons (Fsp3) is 0.136. The lowest BCUT2D eigenvalue weighted by atomic mass is 10.0. The van der Waals surface area contributed by atoms with Gasteiger partial charge in [0.25, 0.3) is 5.91 Å². The van der Waals surface area contributed by atoms with Crippen molar-refractivity contribution in [3.05, 3.63) is 82.7 Å². The molecule has 0 bridgehead atoms. The highest BCUT2D eigenvalue weighted by atomic mass is 32.2. The van der Waals surface area contributed by atoms with Gasteiger partial charge in [0.15, 0.2) is 11.6 Å². The van der Waals surface area contributed by atoms with Crippen LogP contribution in [0.25, 0.3) is 0 Å². The summed E-state index contributed by atoms with van der Waals surface area (Å²) < 4.78 is 124. The number of carbonyl (C=O) groups is 1. The Kier molecular flexibility index (Phi) is 7.53. The number of anilines is 1. The number of carbonyl (C=O) groups excluding carboxylic acids is 1. The Balaban J connectivity index is 2.21. The van der Waals surface area contributed by atoms with E-state index in [1.165, 1.54) is 0 Å². The van der Waals surface area contributed by atoms with Gasteiger partial charge in [-0.05, 0) is 48.0 Å². The highest BCUT2D eigenvalue weighted by Gasteiger charge is 2.42. The maximum Gasteiger partial charge on any atom is 0.417 e. The van der Waals surface area contributed by atoms with E-state index in [-0.39, 0.29) is 23.4 Å². The van der Waals surface area contributed by atoms with Crippen LogP contribution in [0.5, 0.6) is 11.5 Å². The maximum absolute atomic E-state index is 14.4. The summed E-state index contributed by atoms with van der Waals surface area (Å²) in [5, 5.41) is 16.0. The van der Waals surface area contributed by atoms with Crippen molar-refractivity contribution in [3.63, 3.8) is 0 Å². The summed E-state index contributed by atoms with van der Waals surface area (Å²) in [5.41, 5.74) is -5.67. The summed E-state index contributed by atoms with van der Waals surface area (Å²) in [6.07, 6.45) is -10.8. The molecule has 0 saturated carbocycles. The summed E-state index contributed by atoms with van der Waals surface area (Å²) in [5.74, 6) is -5.02. The van der Waals surface area contributed by atoms with Crippen molar-refractivity contribution in [1.29, 1.82) is 0 Å². The van der Waals surface area contributed by atoms with E-state index in [9.17, 15) is 43.9 Å². The molecule has 4 N–H and O–H groups in total. The molecule has 0 saturated heterocycles. The van der Waals surface area contributed by atoms with Crippen LogP contribution < -0.4 is 15.2 Å². The van der Waals surface area contributed by atoms with Crippen molar-refractivity contribution in [2.45, 2.75) is 23.9 Å². The summed E-state index contributed by atoms with van der Waals surface area (Å²) >= 11 is 0. The molecule has 3 rings (SSSR count). The first-order valence-corrected chi connectivity index (χ1v) is 11.4. The monoisotopic (exact) mass is 552 g/mol. The zero-order chi connectivity index (χ0) is 27.8. The van der Waals surface area contributed by atoms with Crippen LogP contribution in [0, 0.1) is 5.82 Å². The number of nitrogens with two attached hydrogens (primary N) is 1. The summed E-state index contributed by atoms with van der Waals surface area (Å²) in [4.78, 5) is 12.4. The van der Waals surface area contributed by atoms with Crippen molar-refractivity contribution < 1.29 is 53.8 Å². The molecule has 0 heterocycles. The summed E-state index contributed by atoms with van der Waals surface area (Å²) in [6.45, 7) is -0.621. The van der Waals surface area contributed by atoms with Crippen LogP contribution >= 0.6 is 0 Å². The van der Waals surface area contributed by atoms with Crippen LogP contribution in [0.2, 0.25) is 0 Å². The van der Waals surface area contributed by atoms with Gasteiger partial charge in [0.2, 0.25) is 10.0 Å². The van der Waals surface area contributed by atoms with Gasteiger partial charge in [-0.3, -0.25) is 4.79 Å². The van der Waals surface area contributed by atoms with Crippen LogP contribution in [0.15, 0.2) is 59.5 Å². The summed E-state index contributed by atoms with van der Waals surface area (Å²) in [6, 6.07) is 6.45. The number of nitrogens with one attached hydrogen (secondary N) is 1. The van der Waals surface area contributed by atoms with Crippen molar-refractivity contribution in [3.8, 4) is 11.5 Å². The third-order valence-corrected chi connectivity index (χ3v) is 5.69. The van der Waals surface area contributed by atoms with Gasteiger partial charge in [-0.2, -0.15) is 26.3 Å². The van der Waals surface area contributed by atoms with E-state index in [2.05, 4.69) is 0 Å². The van der Waals surface area contributed by atoms with Gasteiger partial charge in [0, 0.05) is 5.69 Å². The van der Waals surface area contributed by atoms with Crippen molar-refractivity contribution >= 4 is 21.6 Å². The van der Waals surface area contributed by atoms with Gasteiger partial charge >= 0.3 is 12.4 Å². The lowest BCUT2D eigenvalue weighted by Gasteiger charge is -2.20. The Morgan fingerprint density at radius 1 is 0.946 bits per heavy atom. The molecule has 37 heavy (non-hydrogen) atoms. The van der Waals surface area contributed by atoms with E-state index in [1.807, 2.05) is 5.32 Å². The minimum absolute atomic E-state index is 0.0255. The standard InChI is InChI=1S/C22H15F7N2O5S/c23-16-6-11(10-32)4-5-17(16)36-18-8-12(21(24,25)26)7-15(22(27,28)29)19(18)20(33)31-13-2-1-3-14(9-13)37(30,34)35/h1-9,32H,10H2,(H,31,33)(H2,30,34,35). The number of aliphatic hydroxyl groups is 1. The highest BCUT2D eigenvalue weighted by Crippen LogP contribution is 2.43. The normalized spacial score (nSPS) is 12.4. The smallest absolute Gasteiger partial charge is 0.417 e. The Morgan fingerprint density at radius 3 is 2.16 bits per heavy atom. The molecule has 3 aromatic rings. The number of sulfonamides is 1. The Hall–Kier alpha value is -3.69. The van der Waals surface area contributed by atoms with Crippen molar-refractivity contribution in [2.24, 2.45) is 5.14 Å². The first-order chi connectivity index (χ1) is 17.0. The number of halogens is 7. The first-order valence-electron chi connectivity index (χ1n) is 9.84. The quantitative estimate of drug-likeness (QED) is 0.370. The molecule has 0 unspecified atom stereocenters. The molecule has 0 aliphatic carbocycles. The van der Waals surface area contributed by atoms with Crippen LogP contribution in [-0.2, 0) is 29.0 Å². The molecule has 0 aliphatic rings. The second kappa shape index (κ2) is 9.99. The average molecular weight is 552 g/mol. The van der Waals surface area contributed by atoms with Gasteiger partial charge in [-0.15, -0.1) is 0 Å². The van der Waals surface area contributed by atoms with E-state index in [1.54, 1.807) is 0 Å². The second-order valence-electron chi connectivity index (χ2n) is 7.44. The molecule has 0 aromatic heterocycles. The number of amides is 1. The van der Waals surface area contributed by atoms with Gasteiger partial charge < -0.3 is 15.2 Å². The second-order valence-corrected chi connectivity index (χ2v) is 9.01. The summed E-state index contributed by atoms with van der Waals surface area (Å²) in [7, 11) is -4.28. The van der Waals surface area contributed by atoms with E-state index >= 15 is 0 Å². The van der Waals surface area contributed by atoms with Crippen molar-refractivity contribution in [2.75, 3.05) is 5.32 Å². The zero-order valence-electron chi connectivity index (χ0n) is 18.1. The highest BCUT2D eigenvalue weighted by molar-refractivity contribution is 7.89. The molecule has 3 aromatic carbocycles. The fourth-order valence-corrected chi connectivity index (χ4v) is 3.67. The lowest BCUT2D eigenvalue weighted by Crippen LogP contribution is -2.22. The Bertz CT molecular complexity index is 1450. The third kappa shape index (κ3) is 6.55. The predicted molar refractivity (Wildman–Crippen MR) is 115 cm³/mol. The number of rotatable bonds is 6. The van der Waals surface area contributed by atoms with E-state index < -0.39 is 73.8 Å².